The Labute approximate surface area is 199 Å². The molecule has 1 fully saturated rings. The van der Waals surface area contributed by atoms with E-state index in [4.69, 9.17) is 12.2 Å². The molecule has 0 bridgehead atoms. The highest BCUT2D eigenvalue weighted by Crippen LogP contribution is 2.42. The van der Waals surface area contributed by atoms with Crippen molar-refractivity contribution in [2.45, 2.75) is 18.3 Å². The second-order valence-corrected chi connectivity index (χ2v) is 8.25. The zero-order valence-electron chi connectivity index (χ0n) is 17.6. The predicted molar refractivity (Wildman–Crippen MR) is 127 cm³/mol. The van der Waals surface area contributed by atoms with Crippen molar-refractivity contribution in [3.05, 3.63) is 108 Å². The van der Waals surface area contributed by atoms with E-state index in [1.807, 2.05) is 29.2 Å². The van der Waals surface area contributed by atoms with E-state index >= 15 is 0 Å². The van der Waals surface area contributed by atoms with Crippen molar-refractivity contribution in [2.24, 2.45) is 0 Å². The Morgan fingerprint density at radius 1 is 0.912 bits per heavy atom. The molecule has 1 aliphatic rings. The van der Waals surface area contributed by atoms with Crippen LogP contribution < -0.4 is 10.2 Å². The van der Waals surface area contributed by atoms with Gasteiger partial charge in [0.25, 0.3) is 0 Å². The fourth-order valence-corrected chi connectivity index (χ4v) is 4.59. The van der Waals surface area contributed by atoms with Crippen LogP contribution in [0.4, 0.5) is 18.9 Å². The number of aromatic hydroxyl groups is 1. The molecule has 2 aromatic heterocycles. The largest absolute Gasteiger partial charge is 0.508 e. The van der Waals surface area contributed by atoms with E-state index in [1.54, 1.807) is 53.4 Å². The SMILES string of the molecule is Oc1ccc(N2C(=S)N[C@H](c3ccccn3)[C@H]2c2cccn2-c2cccc(C(F)(F)F)c2)cc1. The van der Waals surface area contributed by atoms with Gasteiger partial charge in [0, 0.05) is 29.5 Å². The number of nitrogens with one attached hydrogen (secondary N) is 1. The maximum Gasteiger partial charge on any atom is 0.416 e. The second-order valence-electron chi connectivity index (χ2n) is 7.86. The minimum absolute atomic E-state index is 0.118. The molecule has 3 heterocycles. The molecule has 34 heavy (non-hydrogen) atoms. The van der Waals surface area contributed by atoms with E-state index in [2.05, 4.69) is 10.3 Å². The van der Waals surface area contributed by atoms with Gasteiger partial charge in [0.2, 0.25) is 0 Å². The summed E-state index contributed by atoms with van der Waals surface area (Å²) in [6.45, 7) is 0. The van der Waals surface area contributed by atoms with Crippen molar-refractivity contribution in [1.82, 2.24) is 14.9 Å². The fraction of sp³-hybridized carbons (Fsp3) is 0.120. The van der Waals surface area contributed by atoms with Crippen molar-refractivity contribution in [3.8, 4) is 11.4 Å². The smallest absolute Gasteiger partial charge is 0.416 e. The van der Waals surface area contributed by atoms with Crippen LogP contribution in [0.25, 0.3) is 5.69 Å². The summed E-state index contributed by atoms with van der Waals surface area (Å²) in [5.74, 6) is 0.118. The Morgan fingerprint density at radius 2 is 1.71 bits per heavy atom. The van der Waals surface area contributed by atoms with Crippen LogP contribution >= 0.6 is 12.2 Å². The molecule has 0 spiro atoms. The summed E-state index contributed by atoms with van der Waals surface area (Å²) in [5, 5.41) is 13.5. The molecular formula is C25H19F3N4OS. The number of thiocarbonyl (C=S) groups is 1. The summed E-state index contributed by atoms with van der Waals surface area (Å²) in [6.07, 6.45) is -1.03. The van der Waals surface area contributed by atoms with Crippen LogP contribution in [0, 0.1) is 0 Å². The Balaban J connectivity index is 1.66. The average Bonchev–Trinajstić information content (AvgIpc) is 3.44. The topological polar surface area (TPSA) is 53.3 Å². The molecule has 2 aromatic carbocycles. The molecule has 5 nitrogen and oxygen atoms in total. The Bertz CT molecular complexity index is 1320. The van der Waals surface area contributed by atoms with Gasteiger partial charge in [-0.05, 0) is 78.9 Å². The van der Waals surface area contributed by atoms with Gasteiger partial charge in [0.15, 0.2) is 5.11 Å². The van der Waals surface area contributed by atoms with Gasteiger partial charge in [-0.25, -0.2) is 0 Å². The molecule has 9 heteroatoms. The first-order chi connectivity index (χ1) is 16.3. The molecule has 0 radical (unpaired) electrons. The number of halogens is 3. The number of phenols is 1. The summed E-state index contributed by atoms with van der Waals surface area (Å²) in [4.78, 5) is 6.40. The number of alkyl halides is 3. The van der Waals surface area contributed by atoms with Gasteiger partial charge in [0.1, 0.15) is 11.8 Å². The van der Waals surface area contributed by atoms with Crippen LogP contribution in [0.3, 0.4) is 0 Å². The van der Waals surface area contributed by atoms with Gasteiger partial charge in [-0.15, -0.1) is 0 Å². The molecule has 0 amide bonds. The molecule has 1 aliphatic heterocycles. The average molecular weight is 481 g/mol. The molecule has 0 saturated carbocycles. The van der Waals surface area contributed by atoms with Crippen LogP contribution in [0.5, 0.6) is 5.75 Å². The third-order valence-electron chi connectivity index (χ3n) is 5.76. The third kappa shape index (κ3) is 3.99. The Morgan fingerprint density at radius 3 is 2.41 bits per heavy atom. The molecule has 0 aliphatic carbocycles. The normalized spacial score (nSPS) is 18.2. The standard InChI is InChI=1S/C25H19F3N4OS/c26-25(27,28)16-5-3-6-18(15-16)31-14-4-8-21(31)23-22(20-7-1-2-13-29-20)30-24(34)32(23)17-9-11-19(33)12-10-17/h1-15,22-23,33H,(H,30,34)/t22-,23-/m1/s1. The van der Waals surface area contributed by atoms with E-state index in [9.17, 15) is 18.3 Å². The van der Waals surface area contributed by atoms with Gasteiger partial charge in [-0.3, -0.25) is 4.98 Å². The number of hydrogen-bond donors (Lipinski definition) is 2. The number of nitrogens with zero attached hydrogens (tertiary/aromatic N) is 3. The van der Waals surface area contributed by atoms with Crippen LogP contribution in [-0.2, 0) is 6.18 Å². The first-order valence-electron chi connectivity index (χ1n) is 10.5. The van der Waals surface area contributed by atoms with E-state index in [1.165, 1.54) is 6.07 Å². The van der Waals surface area contributed by atoms with Gasteiger partial charge < -0.3 is 19.9 Å². The fourth-order valence-electron chi connectivity index (χ4n) is 4.25. The van der Waals surface area contributed by atoms with Crippen LogP contribution in [0.1, 0.15) is 29.0 Å². The molecule has 1 saturated heterocycles. The van der Waals surface area contributed by atoms with Gasteiger partial charge in [-0.2, -0.15) is 13.2 Å². The quantitative estimate of drug-likeness (QED) is 0.363. The molecule has 4 aromatic rings. The van der Waals surface area contributed by atoms with E-state index in [0.29, 0.717) is 10.8 Å². The summed E-state index contributed by atoms with van der Waals surface area (Å²) < 4.78 is 41.9. The van der Waals surface area contributed by atoms with Crippen LogP contribution in [0.2, 0.25) is 0 Å². The highest BCUT2D eigenvalue weighted by Gasteiger charge is 2.42. The number of rotatable bonds is 4. The van der Waals surface area contributed by atoms with E-state index < -0.39 is 17.8 Å². The third-order valence-corrected chi connectivity index (χ3v) is 6.08. The lowest BCUT2D eigenvalue weighted by Gasteiger charge is -2.29. The Kier molecular flexibility index (Phi) is 5.49. The van der Waals surface area contributed by atoms with Crippen LogP contribution in [0.15, 0.2) is 91.3 Å². The lowest BCUT2D eigenvalue weighted by Crippen LogP contribution is -2.30. The molecular weight excluding hydrogens is 461 g/mol. The van der Waals surface area contributed by atoms with E-state index in [-0.39, 0.29) is 11.8 Å². The zero-order valence-corrected chi connectivity index (χ0v) is 18.5. The van der Waals surface area contributed by atoms with E-state index in [0.717, 1.165) is 29.2 Å². The number of hydrogen-bond acceptors (Lipinski definition) is 3. The first kappa shape index (κ1) is 22.0. The number of aromatic nitrogens is 2. The highest BCUT2D eigenvalue weighted by molar-refractivity contribution is 7.80. The molecule has 2 atom stereocenters. The summed E-state index contributed by atoms with van der Waals surface area (Å²) in [7, 11) is 0. The first-order valence-corrected chi connectivity index (χ1v) is 10.9. The number of anilines is 1. The van der Waals surface area contributed by atoms with Crippen molar-refractivity contribution in [3.63, 3.8) is 0 Å². The van der Waals surface area contributed by atoms with Crippen molar-refractivity contribution >= 4 is 23.0 Å². The van der Waals surface area contributed by atoms with Gasteiger partial charge in [0.05, 0.1) is 17.3 Å². The maximum atomic E-state index is 13.4. The number of phenolic OH excluding ortho intramolecular Hbond substituents is 1. The monoisotopic (exact) mass is 480 g/mol. The lowest BCUT2D eigenvalue weighted by atomic mass is 10.0. The highest BCUT2D eigenvalue weighted by atomic mass is 32.1. The van der Waals surface area contributed by atoms with Crippen molar-refractivity contribution in [1.29, 1.82) is 0 Å². The number of benzene rings is 2. The minimum atomic E-state index is -4.45. The molecule has 2 N–H and O–H groups in total. The van der Waals surface area contributed by atoms with Gasteiger partial charge in [-0.1, -0.05) is 12.1 Å². The number of pyridine rings is 1. The van der Waals surface area contributed by atoms with Gasteiger partial charge >= 0.3 is 6.18 Å². The van der Waals surface area contributed by atoms with Crippen molar-refractivity contribution < 1.29 is 18.3 Å². The predicted octanol–water partition coefficient (Wildman–Crippen LogP) is 5.77. The lowest BCUT2D eigenvalue weighted by molar-refractivity contribution is -0.137. The zero-order chi connectivity index (χ0) is 23.9. The summed E-state index contributed by atoms with van der Waals surface area (Å²) in [5.41, 5.74) is 1.87. The minimum Gasteiger partial charge on any atom is -0.508 e. The maximum absolute atomic E-state index is 13.4. The summed E-state index contributed by atoms with van der Waals surface area (Å²) in [6, 6.07) is 20.3. The van der Waals surface area contributed by atoms with Crippen LogP contribution in [-0.4, -0.2) is 19.8 Å². The molecule has 0 unspecified atom stereocenters. The molecule has 5 rings (SSSR count). The second kappa shape index (κ2) is 8.49. The molecule has 172 valence electrons. The van der Waals surface area contributed by atoms with Crippen molar-refractivity contribution in [2.75, 3.05) is 4.90 Å². The Hall–Kier alpha value is -3.85. The summed E-state index contributed by atoms with van der Waals surface area (Å²) >= 11 is 5.68.